The van der Waals surface area contributed by atoms with Crippen LogP contribution in [0.3, 0.4) is 0 Å². The maximum absolute atomic E-state index is 13.3. The van der Waals surface area contributed by atoms with Gasteiger partial charge in [0.15, 0.2) is 0 Å². The van der Waals surface area contributed by atoms with Crippen molar-refractivity contribution >= 4 is 23.2 Å². The lowest BCUT2D eigenvalue weighted by Crippen LogP contribution is -2.28. The van der Waals surface area contributed by atoms with Gasteiger partial charge in [-0.25, -0.2) is 8.78 Å². The SMILES string of the molecule is COc1ccc(OC)c(N2C[C@H](C(=O)Nc3cc(F)cc(F)c3)CC2=O)c1. The summed E-state index contributed by atoms with van der Waals surface area (Å²) in [7, 11) is 2.99. The molecule has 0 aromatic heterocycles. The van der Waals surface area contributed by atoms with Gasteiger partial charge in [0, 0.05) is 30.8 Å². The molecule has 1 fully saturated rings. The average molecular weight is 376 g/mol. The number of ether oxygens (including phenoxy) is 2. The molecular weight excluding hydrogens is 358 g/mol. The fraction of sp³-hybridized carbons (Fsp3) is 0.263. The summed E-state index contributed by atoms with van der Waals surface area (Å²) in [6.45, 7) is 0.117. The predicted molar refractivity (Wildman–Crippen MR) is 95.0 cm³/mol. The number of carbonyl (C=O) groups excluding carboxylic acids is 2. The normalized spacial score (nSPS) is 16.4. The van der Waals surface area contributed by atoms with Crippen molar-refractivity contribution in [2.24, 2.45) is 5.92 Å². The molecule has 1 atom stereocenters. The Labute approximate surface area is 154 Å². The lowest BCUT2D eigenvalue weighted by Gasteiger charge is -2.20. The summed E-state index contributed by atoms with van der Waals surface area (Å²) in [5, 5.41) is 2.46. The van der Waals surface area contributed by atoms with Crippen LogP contribution in [0.1, 0.15) is 6.42 Å². The van der Waals surface area contributed by atoms with E-state index in [4.69, 9.17) is 9.47 Å². The standard InChI is InChI=1S/C19H18F2N2O4/c1-26-15-3-4-17(27-2)16(9-15)23-10-11(5-18(23)24)19(25)22-14-7-12(20)6-13(21)8-14/h3-4,6-9,11H,5,10H2,1-2H3,(H,22,25)/t11-/m1/s1. The number of nitrogens with zero attached hydrogens (tertiary/aromatic N) is 1. The van der Waals surface area contributed by atoms with Crippen molar-refractivity contribution in [1.29, 1.82) is 0 Å². The first-order valence-electron chi connectivity index (χ1n) is 8.20. The van der Waals surface area contributed by atoms with Gasteiger partial charge in [-0.15, -0.1) is 0 Å². The van der Waals surface area contributed by atoms with Gasteiger partial charge in [-0.1, -0.05) is 0 Å². The first-order valence-corrected chi connectivity index (χ1v) is 8.20. The van der Waals surface area contributed by atoms with Crippen molar-refractivity contribution in [2.75, 3.05) is 31.0 Å². The maximum Gasteiger partial charge on any atom is 0.229 e. The van der Waals surface area contributed by atoms with Crippen molar-refractivity contribution in [3.63, 3.8) is 0 Å². The Kier molecular flexibility index (Phi) is 5.25. The highest BCUT2D eigenvalue weighted by Gasteiger charge is 2.36. The molecule has 2 aromatic carbocycles. The molecule has 6 nitrogen and oxygen atoms in total. The molecule has 27 heavy (non-hydrogen) atoms. The minimum Gasteiger partial charge on any atom is -0.497 e. The number of nitrogens with one attached hydrogen (secondary N) is 1. The van der Waals surface area contributed by atoms with E-state index < -0.39 is 23.5 Å². The molecule has 1 heterocycles. The Morgan fingerprint density at radius 2 is 1.81 bits per heavy atom. The van der Waals surface area contributed by atoms with E-state index in [1.54, 1.807) is 18.2 Å². The van der Waals surface area contributed by atoms with Crippen LogP contribution in [0.15, 0.2) is 36.4 Å². The minimum absolute atomic E-state index is 0.00219. The van der Waals surface area contributed by atoms with Crippen LogP contribution >= 0.6 is 0 Å². The van der Waals surface area contributed by atoms with Gasteiger partial charge in [-0.3, -0.25) is 9.59 Å². The molecule has 2 aromatic rings. The molecule has 0 radical (unpaired) electrons. The molecular formula is C19H18F2N2O4. The van der Waals surface area contributed by atoms with Crippen molar-refractivity contribution in [2.45, 2.75) is 6.42 Å². The maximum atomic E-state index is 13.3. The van der Waals surface area contributed by atoms with E-state index in [1.807, 2.05) is 0 Å². The van der Waals surface area contributed by atoms with Crippen molar-refractivity contribution < 1.29 is 27.8 Å². The van der Waals surface area contributed by atoms with Gasteiger partial charge in [-0.2, -0.15) is 0 Å². The third-order valence-corrected chi connectivity index (χ3v) is 4.30. The number of methoxy groups -OCH3 is 2. The Hall–Kier alpha value is -3.16. The summed E-state index contributed by atoms with van der Waals surface area (Å²) in [5.74, 6) is -1.99. The molecule has 2 amide bonds. The number of hydrogen-bond acceptors (Lipinski definition) is 4. The summed E-state index contributed by atoms with van der Waals surface area (Å²) in [6, 6.07) is 7.77. The van der Waals surface area contributed by atoms with Gasteiger partial charge < -0.3 is 19.7 Å². The number of hydrogen-bond donors (Lipinski definition) is 1. The first-order chi connectivity index (χ1) is 12.9. The third-order valence-electron chi connectivity index (χ3n) is 4.30. The highest BCUT2D eigenvalue weighted by atomic mass is 19.1. The lowest BCUT2D eigenvalue weighted by molar-refractivity contribution is -0.122. The van der Waals surface area contributed by atoms with Crippen LogP contribution in [0.25, 0.3) is 0 Å². The predicted octanol–water partition coefficient (Wildman–Crippen LogP) is 2.97. The zero-order valence-corrected chi connectivity index (χ0v) is 14.8. The van der Waals surface area contributed by atoms with Crippen LogP contribution in [-0.4, -0.2) is 32.6 Å². The second kappa shape index (κ2) is 7.61. The van der Waals surface area contributed by atoms with Crippen LogP contribution in [-0.2, 0) is 9.59 Å². The van der Waals surface area contributed by atoms with Crippen LogP contribution in [0, 0.1) is 17.6 Å². The lowest BCUT2D eigenvalue weighted by atomic mass is 10.1. The van der Waals surface area contributed by atoms with Gasteiger partial charge in [-0.05, 0) is 24.3 Å². The Morgan fingerprint density at radius 1 is 1.11 bits per heavy atom. The number of benzene rings is 2. The molecule has 1 N–H and O–H groups in total. The third kappa shape index (κ3) is 3.99. The molecule has 0 bridgehead atoms. The molecule has 0 aliphatic carbocycles. The van der Waals surface area contributed by atoms with Gasteiger partial charge in [0.1, 0.15) is 23.1 Å². The van der Waals surface area contributed by atoms with Crippen LogP contribution in [0.2, 0.25) is 0 Å². The summed E-state index contributed by atoms with van der Waals surface area (Å²) >= 11 is 0. The first kappa shape index (κ1) is 18.6. The largest absolute Gasteiger partial charge is 0.497 e. The Balaban J connectivity index is 1.78. The summed E-state index contributed by atoms with van der Waals surface area (Å²) in [5.41, 5.74) is 0.497. The molecule has 8 heteroatoms. The Morgan fingerprint density at radius 3 is 2.44 bits per heavy atom. The summed E-state index contributed by atoms with van der Waals surface area (Å²) in [4.78, 5) is 26.3. The van der Waals surface area contributed by atoms with Crippen molar-refractivity contribution in [3.8, 4) is 11.5 Å². The van der Waals surface area contributed by atoms with Gasteiger partial charge in [0.05, 0.1) is 25.8 Å². The second-order valence-corrected chi connectivity index (χ2v) is 6.09. The van der Waals surface area contributed by atoms with Crippen LogP contribution in [0.5, 0.6) is 11.5 Å². The zero-order valence-electron chi connectivity index (χ0n) is 14.8. The van der Waals surface area contributed by atoms with E-state index in [1.165, 1.54) is 19.1 Å². The Bertz CT molecular complexity index is 868. The highest BCUT2D eigenvalue weighted by Crippen LogP contribution is 2.36. The fourth-order valence-electron chi connectivity index (χ4n) is 2.99. The van der Waals surface area contributed by atoms with E-state index in [2.05, 4.69) is 5.32 Å². The number of amides is 2. The topological polar surface area (TPSA) is 67.9 Å². The van der Waals surface area contributed by atoms with Crippen LogP contribution in [0.4, 0.5) is 20.2 Å². The number of carbonyl (C=O) groups is 2. The van der Waals surface area contributed by atoms with Gasteiger partial charge >= 0.3 is 0 Å². The van der Waals surface area contributed by atoms with E-state index in [0.717, 1.165) is 12.1 Å². The molecule has 3 rings (SSSR count). The monoisotopic (exact) mass is 376 g/mol. The van der Waals surface area contributed by atoms with E-state index in [0.29, 0.717) is 23.3 Å². The van der Waals surface area contributed by atoms with Crippen molar-refractivity contribution in [3.05, 3.63) is 48.0 Å². The number of anilines is 2. The molecule has 142 valence electrons. The van der Waals surface area contributed by atoms with E-state index in [9.17, 15) is 18.4 Å². The van der Waals surface area contributed by atoms with E-state index >= 15 is 0 Å². The average Bonchev–Trinajstić information content (AvgIpc) is 3.02. The number of rotatable bonds is 5. The van der Waals surface area contributed by atoms with Gasteiger partial charge in [0.25, 0.3) is 0 Å². The molecule has 1 aliphatic heterocycles. The smallest absolute Gasteiger partial charge is 0.229 e. The van der Waals surface area contributed by atoms with E-state index in [-0.39, 0.29) is 24.6 Å². The number of halogens is 2. The molecule has 1 saturated heterocycles. The second-order valence-electron chi connectivity index (χ2n) is 6.09. The summed E-state index contributed by atoms with van der Waals surface area (Å²) in [6.07, 6.45) is -0.0238. The molecule has 0 unspecified atom stereocenters. The zero-order chi connectivity index (χ0) is 19.6. The molecule has 0 spiro atoms. The van der Waals surface area contributed by atoms with Crippen LogP contribution < -0.4 is 19.7 Å². The fourth-order valence-corrected chi connectivity index (χ4v) is 2.99. The quantitative estimate of drug-likeness (QED) is 0.871. The van der Waals surface area contributed by atoms with Crippen molar-refractivity contribution in [1.82, 2.24) is 0 Å². The summed E-state index contributed by atoms with van der Waals surface area (Å²) < 4.78 is 37.0. The van der Waals surface area contributed by atoms with Gasteiger partial charge in [0.2, 0.25) is 11.8 Å². The molecule has 1 aliphatic rings. The minimum atomic E-state index is -0.796. The highest BCUT2D eigenvalue weighted by molar-refractivity contribution is 6.04. The molecule has 0 saturated carbocycles.